The minimum absolute atomic E-state index is 0.309. The molecule has 0 aliphatic heterocycles. The van der Waals surface area contributed by atoms with Gasteiger partial charge in [-0.05, 0) is 60.9 Å². The van der Waals surface area contributed by atoms with Gasteiger partial charge >= 0.3 is 0 Å². The van der Waals surface area contributed by atoms with E-state index in [1.807, 2.05) is 4.57 Å². The zero-order chi connectivity index (χ0) is 14.3. The van der Waals surface area contributed by atoms with Crippen molar-refractivity contribution in [1.82, 2.24) is 9.55 Å². The summed E-state index contributed by atoms with van der Waals surface area (Å²) in [7, 11) is 0. The van der Waals surface area contributed by atoms with Gasteiger partial charge in [-0.1, -0.05) is 0 Å². The average Bonchev–Trinajstić information content (AvgIpc) is 2.71. The van der Waals surface area contributed by atoms with Crippen molar-refractivity contribution in [2.45, 2.75) is 20.4 Å². The monoisotopic (exact) mass is 269 g/mol. The van der Waals surface area contributed by atoms with Crippen molar-refractivity contribution in [3.8, 4) is 0 Å². The van der Waals surface area contributed by atoms with Gasteiger partial charge in [0.05, 0.1) is 17.4 Å². The summed E-state index contributed by atoms with van der Waals surface area (Å²) in [6.07, 6.45) is 1.78. The molecular weight excluding hydrogens is 253 g/mol. The third-order valence-electron chi connectivity index (χ3n) is 3.57. The third kappa shape index (κ3) is 2.25. The zero-order valence-electron chi connectivity index (χ0n) is 11.5. The first kappa shape index (κ1) is 12.7. The number of aryl methyl sites for hydroxylation is 2. The maximum atomic E-state index is 13.4. The van der Waals surface area contributed by atoms with Gasteiger partial charge < -0.3 is 10.3 Å². The molecule has 0 saturated carbocycles. The second-order valence-corrected chi connectivity index (χ2v) is 5.19. The molecule has 0 fully saturated rings. The number of imidazole rings is 1. The Hall–Kier alpha value is -2.36. The maximum Gasteiger partial charge on any atom is 0.125 e. The second-order valence-electron chi connectivity index (χ2n) is 5.19. The van der Waals surface area contributed by atoms with Crippen molar-refractivity contribution >= 4 is 16.7 Å². The number of fused-ring (bicyclic) bond motifs is 1. The van der Waals surface area contributed by atoms with Crippen LogP contribution in [0.4, 0.5) is 10.1 Å². The van der Waals surface area contributed by atoms with Crippen molar-refractivity contribution in [3.05, 3.63) is 59.2 Å². The highest BCUT2D eigenvalue weighted by molar-refractivity contribution is 5.77. The Morgan fingerprint density at radius 3 is 2.60 bits per heavy atom. The van der Waals surface area contributed by atoms with Crippen LogP contribution in [-0.4, -0.2) is 9.55 Å². The average molecular weight is 269 g/mol. The van der Waals surface area contributed by atoms with Gasteiger partial charge in [0.15, 0.2) is 0 Å². The molecule has 20 heavy (non-hydrogen) atoms. The number of nitrogens with two attached hydrogens (primary N) is 1. The number of benzene rings is 2. The highest BCUT2D eigenvalue weighted by Gasteiger charge is 2.06. The minimum atomic E-state index is -0.309. The molecule has 1 aromatic heterocycles. The summed E-state index contributed by atoms with van der Waals surface area (Å²) in [5, 5.41) is 0. The molecule has 3 nitrogen and oxygen atoms in total. The summed E-state index contributed by atoms with van der Waals surface area (Å²) in [6.45, 7) is 4.70. The van der Waals surface area contributed by atoms with Crippen molar-refractivity contribution in [2.24, 2.45) is 0 Å². The Kier molecular flexibility index (Phi) is 2.93. The number of aromatic nitrogens is 2. The molecule has 0 bridgehead atoms. The van der Waals surface area contributed by atoms with Crippen molar-refractivity contribution in [3.63, 3.8) is 0 Å². The highest BCUT2D eigenvalue weighted by atomic mass is 19.1. The molecule has 3 rings (SSSR count). The van der Waals surface area contributed by atoms with Crippen LogP contribution in [0.3, 0.4) is 0 Å². The fourth-order valence-corrected chi connectivity index (χ4v) is 2.40. The number of hydrogen-bond donors (Lipinski definition) is 1. The van der Waals surface area contributed by atoms with Gasteiger partial charge in [0.2, 0.25) is 0 Å². The van der Waals surface area contributed by atoms with E-state index >= 15 is 0 Å². The molecule has 0 amide bonds. The van der Waals surface area contributed by atoms with Crippen LogP contribution in [0.1, 0.15) is 16.7 Å². The molecule has 0 aliphatic carbocycles. The fraction of sp³-hybridized carbons (Fsp3) is 0.188. The van der Waals surface area contributed by atoms with Crippen LogP contribution in [0, 0.1) is 19.7 Å². The molecule has 4 heteroatoms. The lowest BCUT2D eigenvalue weighted by molar-refractivity contribution is 0.624. The number of rotatable bonds is 2. The SMILES string of the molecule is Cc1cc2ncn(Cc3cc(N)cc(F)c3)c2cc1C. The molecule has 0 unspecified atom stereocenters. The van der Waals surface area contributed by atoms with Gasteiger partial charge in [-0.3, -0.25) is 0 Å². The van der Waals surface area contributed by atoms with Crippen LogP contribution in [-0.2, 0) is 6.54 Å². The van der Waals surface area contributed by atoms with E-state index in [4.69, 9.17) is 5.73 Å². The highest BCUT2D eigenvalue weighted by Crippen LogP contribution is 2.20. The lowest BCUT2D eigenvalue weighted by Gasteiger charge is -2.07. The van der Waals surface area contributed by atoms with E-state index in [0.29, 0.717) is 12.2 Å². The topological polar surface area (TPSA) is 43.8 Å². The number of anilines is 1. The van der Waals surface area contributed by atoms with E-state index in [0.717, 1.165) is 16.6 Å². The smallest absolute Gasteiger partial charge is 0.125 e. The van der Waals surface area contributed by atoms with E-state index in [-0.39, 0.29) is 5.82 Å². The minimum Gasteiger partial charge on any atom is -0.399 e. The van der Waals surface area contributed by atoms with E-state index in [1.54, 1.807) is 12.4 Å². The fourth-order valence-electron chi connectivity index (χ4n) is 2.40. The predicted octanol–water partition coefficient (Wildman–Crippen LogP) is 3.42. The van der Waals surface area contributed by atoms with Crippen molar-refractivity contribution < 1.29 is 4.39 Å². The number of halogens is 1. The van der Waals surface area contributed by atoms with Gasteiger partial charge in [0.25, 0.3) is 0 Å². The van der Waals surface area contributed by atoms with Crippen LogP contribution >= 0.6 is 0 Å². The lowest BCUT2D eigenvalue weighted by atomic mass is 10.1. The Morgan fingerprint density at radius 1 is 1.10 bits per heavy atom. The Labute approximate surface area is 116 Å². The molecule has 2 aromatic carbocycles. The van der Waals surface area contributed by atoms with Crippen LogP contribution in [0.5, 0.6) is 0 Å². The Bertz CT molecular complexity index is 770. The molecule has 0 atom stereocenters. The maximum absolute atomic E-state index is 13.4. The van der Waals surface area contributed by atoms with E-state index < -0.39 is 0 Å². The van der Waals surface area contributed by atoms with Gasteiger partial charge in [-0.25, -0.2) is 9.37 Å². The first-order chi connectivity index (χ1) is 9.52. The Morgan fingerprint density at radius 2 is 1.85 bits per heavy atom. The lowest BCUT2D eigenvalue weighted by Crippen LogP contribution is -2.00. The first-order valence-corrected chi connectivity index (χ1v) is 6.50. The first-order valence-electron chi connectivity index (χ1n) is 6.50. The van der Waals surface area contributed by atoms with Crippen molar-refractivity contribution in [2.75, 3.05) is 5.73 Å². The van der Waals surface area contributed by atoms with Crippen LogP contribution in [0.25, 0.3) is 11.0 Å². The van der Waals surface area contributed by atoms with E-state index in [9.17, 15) is 4.39 Å². The Balaban J connectivity index is 2.04. The number of nitrogens with zero attached hydrogens (tertiary/aromatic N) is 2. The summed E-state index contributed by atoms with van der Waals surface area (Å²) >= 11 is 0. The second kappa shape index (κ2) is 4.63. The van der Waals surface area contributed by atoms with Gasteiger partial charge in [0.1, 0.15) is 5.82 Å². The normalized spacial score (nSPS) is 11.2. The molecule has 0 aliphatic rings. The van der Waals surface area contributed by atoms with Gasteiger partial charge in [-0.2, -0.15) is 0 Å². The number of hydrogen-bond acceptors (Lipinski definition) is 2. The largest absolute Gasteiger partial charge is 0.399 e. The van der Waals surface area contributed by atoms with Gasteiger partial charge in [0, 0.05) is 12.2 Å². The molecule has 1 heterocycles. The molecule has 0 spiro atoms. The third-order valence-corrected chi connectivity index (χ3v) is 3.57. The van der Waals surface area contributed by atoms with Crippen LogP contribution < -0.4 is 5.73 Å². The van der Waals surface area contributed by atoms with Crippen LogP contribution in [0.2, 0.25) is 0 Å². The molecule has 0 saturated heterocycles. The van der Waals surface area contributed by atoms with E-state index in [1.165, 1.54) is 23.3 Å². The number of nitrogen functional groups attached to an aromatic ring is 1. The molecule has 2 N–H and O–H groups in total. The molecule has 3 aromatic rings. The summed E-state index contributed by atoms with van der Waals surface area (Å²) in [5.74, 6) is -0.309. The quantitative estimate of drug-likeness (QED) is 0.724. The molecule has 102 valence electrons. The zero-order valence-corrected chi connectivity index (χ0v) is 11.5. The predicted molar refractivity (Wildman–Crippen MR) is 79.1 cm³/mol. The standard InChI is InChI=1S/C16H16FN3/c1-10-3-15-16(4-11(10)2)20(9-19-15)8-12-5-13(17)7-14(18)6-12/h3-7,9H,8,18H2,1-2H3. The summed E-state index contributed by atoms with van der Waals surface area (Å²) in [5.41, 5.74) is 11.4. The molecular formula is C16H16FN3. The molecule has 0 radical (unpaired) electrons. The summed E-state index contributed by atoms with van der Waals surface area (Å²) in [4.78, 5) is 4.40. The van der Waals surface area contributed by atoms with E-state index in [2.05, 4.69) is 31.0 Å². The summed E-state index contributed by atoms with van der Waals surface area (Å²) in [6, 6.07) is 8.80. The van der Waals surface area contributed by atoms with Gasteiger partial charge in [-0.15, -0.1) is 0 Å². The van der Waals surface area contributed by atoms with Crippen molar-refractivity contribution in [1.29, 1.82) is 0 Å². The summed E-state index contributed by atoms with van der Waals surface area (Å²) < 4.78 is 15.4. The van der Waals surface area contributed by atoms with Crippen LogP contribution in [0.15, 0.2) is 36.7 Å².